The summed E-state index contributed by atoms with van der Waals surface area (Å²) >= 11 is 0. The van der Waals surface area contributed by atoms with Gasteiger partial charge in [0.05, 0.1) is 0 Å². The Morgan fingerprint density at radius 2 is 0.870 bits per heavy atom. The van der Waals surface area contributed by atoms with E-state index in [2.05, 4.69) is 168 Å². The second-order valence-corrected chi connectivity index (χ2v) is 14.8. The van der Waals surface area contributed by atoms with Gasteiger partial charge in [-0.1, -0.05) is 133 Å². The molecule has 11 rings (SSSR count). The first-order chi connectivity index (χ1) is 26.8. The van der Waals surface area contributed by atoms with Crippen LogP contribution in [-0.2, 0) is 0 Å². The van der Waals surface area contributed by atoms with Gasteiger partial charge in [0.1, 0.15) is 0 Å². The van der Waals surface area contributed by atoms with Crippen LogP contribution in [-0.4, -0.2) is 27.0 Å². The van der Waals surface area contributed by atoms with E-state index in [-0.39, 0.29) is 0 Å². The first-order valence-corrected chi connectivity index (χ1v) is 19.0. The molecule has 5 heteroatoms. The van der Waals surface area contributed by atoms with Crippen LogP contribution >= 0.6 is 0 Å². The number of fused-ring (bicyclic) bond motifs is 7. The average Bonchev–Trinajstić information content (AvgIpc) is 3.75. The number of hydrogen-bond donors (Lipinski definition) is 0. The molecule has 1 fully saturated rings. The molecule has 1 aromatic heterocycles. The molecule has 7 aromatic carbocycles. The van der Waals surface area contributed by atoms with Gasteiger partial charge >= 0.3 is 0 Å². The lowest BCUT2D eigenvalue weighted by atomic mass is 9.72. The van der Waals surface area contributed by atoms with Crippen LogP contribution in [0.15, 0.2) is 176 Å². The Bertz CT molecular complexity index is 2670. The van der Waals surface area contributed by atoms with E-state index in [1.165, 1.54) is 39.3 Å². The third kappa shape index (κ3) is 5.03. The van der Waals surface area contributed by atoms with Crippen LogP contribution in [0.4, 0.5) is 22.7 Å². The van der Waals surface area contributed by atoms with Gasteiger partial charge in [-0.2, -0.15) is 0 Å². The molecule has 1 saturated carbocycles. The molecule has 0 bridgehead atoms. The van der Waals surface area contributed by atoms with Crippen LogP contribution in [0, 0.1) is 0 Å². The number of hydrogen-bond acceptors (Lipinski definition) is 5. The summed E-state index contributed by atoms with van der Waals surface area (Å²) in [4.78, 5) is 20.6. The average molecular weight is 696 g/mol. The van der Waals surface area contributed by atoms with E-state index in [1.54, 1.807) is 0 Å². The smallest absolute Gasteiger partial charge is 0.164 e. The normalized spacial score (nSPS) is 19.6. The molecule has 4 unspecified atom stereocenters. The molecule has 3 aliphatic rings. The molecular formula is C49H37N5. The summed E-state index contributed by atoms with van der Waals surface area (Å²) in [6, 6.07) is 63.7. The first kappa shape index (κ1) is 31.0. The van der Waals surface area contributed by atoms with Crippen LogP contribution < -0.4 is 9.80 Å². The zero-order valence-electron chi connectivity index (χ0n) is 29.7. The molecule has 0 N–H and O–H groups in total. The molecule has 8 aromatic rings. The number of para-hydroxylation sites is 3. The topological polar surface area (TPSA) is 45.2 Å². The van der Waals surface area contributed by atoms with Gasteiger partial charge < -0.3 is 9.80 Å². The minimum Gasteiger partial charge on any atom is -0.337 e. The second kappa shape index (κ2) is 12.5. The SMILES string of the molecule is c1ccc(-c2nc(-c3cccc(N4c5ccccc5C5CC6c7ccccc7N(c7ccccc7)C6CC54)c3)nc(-c3ccc4ccccc4c3)n2)cc1. The van der Waals surface area contributed by atoms with Crippen molar-refractivity contribution in [2.45, 2.75) is 36.8 Å². The molecule has 2 aliphatic heterocycles. The molecular weight excluding hydrogens is 659 g/mol. The Kier molecular flexibility index (Phi) is 7.19. The number of anilines is 4. The minimum absolute atomic E-state index is 0.311. The van der Waals surface area contributed by atoms with Gasteiger partial charge in [-0.15, -0.1) is 0 Å². The molecule has 5 nitrogen and oxygen atoms in total. The summed E-state index contributed by atoms with van der Waals surface area (Å²) in [5.74, 6) is 2.90. The standard InChI is InChI=1S/C49H37N5/c1-3-15-33(16-4-1)47-50-48(52-49(51-47)36-27-26-32-14-7-8-17-34(32)28-36)35-18-13-21-38(29-35)54-44-25-12-10-23-40(44)42-30-41-39-22-9-11-24-43(39)53(45(41)31-46(42)54)37-19-5-2-6-20-37/h1-29,41-42,45-46H,30-31H2. The number of rotatable bonds is 5. The second-order valence-electron chi connectivity index (χ2n) is 14.8. The molecule has 0 radical (unpaired) electrons. The highest BCUT2D eigenvalue weighted by molar-refractivity contribution is 5.87. The quantitative estimate of drug-likeness (QED) is 0.179. The Morgan fingerprint density at radius 1 is 0.370 bits per heavy atom. The lowest BCUT2D eigenvalue weighted by Gasteiger charge is -2.42. The van der Waals surface area contributed by atoms with Crippen molar-refractivity contribution in [1.82, 2.24) is 15.0 Å². The minimum atomic E-state index is 0.311. The zero-order valence-corrected chi connectivity index (χ0v) is 29.7. The Labute approximate surface area is 315 Å². The molecule has 0 amide bonds. The molecule has 0 saturated heterocycles. The van der Waals surface area contributed by atoms with E-state index < -0.39 is 0 Å². The van der Waals surface area contributed by atoms with Crippen molar-refractivity contribution in [3.8, 4) is 34.2 Å². The van der Waals surface area contributed by atoms with Crippen molar-refractivity contribution in [1.29, 1.82) is 0 Å². The van der Waals surface area contributed by atoms with Gasteiger partial charge in [-0.05, 0) is 77.2 Å². The molecule has 258 valence electrons. The fraction of sp³-hybridized carbons (Fsp3) is 0.122. The largest absolute Gasteiger partial charge is 0.337 e. The van der Waals surface area contributed by atoms with Crippen molar-refractivity contribution < 1.29 is 0 Å². The lowest BCUT2D eigenvalue weighted by molar-refractivity contribution is 0.332. The first-order valence-electron chi connectivity index (χ1n) is 19.0. The highest BCUT2D eigenvalue weighted by Gasteiger charge is 2.51. The third-order valence-corrected chi connectivity index (χ3v) is 11.9. The Balaban J connectivity index is 1.02. The van der Waals surface area contributed by atoms with Crippen molar-refractivity contribution in [2.24, 2.45) is 0 Å². The van der Waals surface area contributed by atoms with Crippen LogP contribution in [0.3, 0.4) is 0 Å². The van der Waals surface area contributed by atoms with Crippen LogP contribution in [0.25, 0.3) is 44.9 Å². The Hall–Kier alpha value is -6.59. The highest BCUT2D eigenvalue weighted by atomic mass is 15.2. The lowest BCUT2D eigenvalue weighted by Crippen LogP contribution is -2.44. The number of nitrogens with zero attached hydrogens (tertiary/aromatic N) is 5. The maximum absolute atomic E-state index is 5.16. The molecule has 3 heterocycles. The van der Waals surface area contributed by atoms with Crippen molar-refractivity contribution in [3.05, 3.63) is 187 Å². The van der Waals surface area contributed by atoms with Crippen molar-refractivity contribution >= 4 is 33.5 Å². The monoisotopic (exact) mass is 695 g/mol. The van der Waals surface area contributed by atoms with Crippen LogP contribution in [0.5, 0.6) is 0 Å². The summed E-state index contributed by atoms with van der Waals surface area (Å²) < 4.78 is 0. The van der Waals surface area contributed by atoms with Gasteiger partial charge in [0.25, 0.3) is 0 Å². The van der Waals surface area contributed by atoms with E-state index in [0.717, 1.165) is 34.9 Å². The van der Waals surface area contributed by atoms with Gasteiger partial charge in [0, 0.05) is 63.4 Å². The zero-order chi connectivity index (χ0) is 35.6. The van der Waals surface area contributed by atoms with E-state index in [1.807, 2.05) is 18.2 Å². The van der Waals surface area contributed by atoms with Crippen molar-refractivity contribution in [2.75, 3.05) is 9.80 Å². The van der Waals surface area contributed by atoms with E-state index in [9.17, 15) is 0 Å². The molecule has 0 spiro atoms. The number of benzene rings is 7. The Morgan fingerprint density at radius 3 is 1.56 bits per heavy atom. The number of aromatic nitrogens is 3. The van der Waals surface area contributed by atoms with E-state index in [0.29, 0.717) is 41.4 Å². The molecule has 4 atom stereocenters. The summed E-state index contributed by atoms with van der Waals surface area (Å²) in [6.45, 7) is 0. The van der Waals surface area contributed by atoms with Crippen LogP contribution in [0.1, 0.15) is 35.8 Å². The third-order valence-electron chi connectivity index (χ3n) is 11.9. The van der Waals surface area contributed by atoms with Gasteiger partial charge in [-0.3, -0.25) is 0 Å². The maximum atomic E-state index is 5.16. The predicted molar refractivity (Wildman–Crippen MR) is 220 cm³/mol. The summed E-state index contributed by atoms with van der Waals surface area (Å²) in [6.07, 6.45) is 2.17. The summed E-state index contributed by atoms with van der Waals surface area (Å²) in [7, 11) is 0. The maximum Gasteiger partial charge on any atom is 0.164 e. The highest BCUT2D eigenvalue weighted by Crippen LogP contribution is 2.59. The summed E-state index contributed by atoms with van der Waals surface area (Å²) in [5.41, 5.74) is 10.9. The van der Waals surface area contributed by atoms with Gasteiger partial charge in [-0.25, -0.2) is 15.0 Å². The summed E-state index contributed by atoms with van der Waals surface area (Å²) in [5, 5.41) is 2.35. The fourth-order valence-corrected chi connectivity index (χ4v) is 9.52. The predicted octanol–water partition coefficient (Wildman–Crippen LogP) is 11.7. The fourth-order valence-electron chi connectivity index (χ4n) is 9.52. The van der Waals surface area contributed by atoms with Crippen LogP contribution in [0.2, 0.25) is 0 Å². The van der Waals surface area contributed by atoms with Gasteiger partial charge in [0.15, 0.2) is 17.5 Å². The molecule has 54 heavy (non-hydrogen) atoms. The van der Waals surface area contributed by atoms with E-state index in [4.69, 9.17) is 15.0 Å². The molecule has 1 aliphatic carbocycles. The van der Waals surface area contributed by atoms with Crippen molar-refractivity contribution in [3.63, 3.8) is 0 Å². The van der Waals surface area contributed by atoms with Gasteiger partial charge in [0.2, 0.25) is 0 Å². The van der Waals surface area contributed by atoms with E-state index >= 15 is 0 Å².